The molecule has 1 aromatic rings. The van der Waals surface area contributed by atoms with Gasteiger partial charge in [-0.3, -0.25) is 4.79 Å². The van der Waals surface area contributed by atoms with Gasteiger partial charge < -0.3 is 10.0 Å². The highest BCUT2D eigenvalue weighted by atomic mass is 32.1. The van der Waals surface area contributed by atoms with Crippen LogP contribution in [-0.2, 0) is 12.8 Å². The Labute approximate surface area is 118 Å². The highest BCUT2D eigenvalue weighted by Crippen LogP contribution is 2.33. The van der Waals surface area contributed by atoms with E-state index in [-0.39, 0.29) is 12.5 Å². The maximum atomic E-state index is 12.6. The SMILES string of the molecule is O=C(c1cc2c(s1)CCC2)N1CCCC1CCCO. The monoisotopic (exact) mass is 279 g/mol. The summed E-state index contributed by atoms with van der Waals surface area (Å²) in [6.07, 6.45) is 7.49. The molecule has 1 unspecified atom stereocenters. The summed E-state index contributed by atoms with van der Waals surface area (Å²) in [4.78, 5) is 17.0. The van der Waals surface area contributed by atoms with Crippen LogP contribution in [0.2, 0.25) is 0 Å². The first-order chi connectivity index (χ1) is 9.29. The van der Waals surface area contributed by atoms with Crippen LogP contribution in [0.3, 0.4) is 0 Å². The Morgan fingerprint density at radius 3 is 3.11 bits per heavy atom. The molecule has 1 atom stereocenters. The Hall–Kier alpha value is -0.870. The number of carbonyl (C=O) groups excluding carboxylic acids is 1. The van der Waals surface area contributed by atoms with Crippen molar-refractivity contribution in [3.05, 3.63) is 21.4 Å². The number of rotatable bonds is 4. The standard InChI is InChI=1S/C15H21NO2S/c17-9-3-6-12-5-2-8-16(12)15(18)14-10-11-4-1-7-13(11)19-14/h10,12,17H,1-9H2. The van der Waals surface area contributed by atoms with Gasteiger partial charge in [0.1, 0.15) is 0 Å². The molecule has 1 fully saturated rings. The fraction of sp³-hybridized carbons (Fsp3) is 0.667. The molecule has 3 rings (SSSR count). The first kappa shape index (κ1) is 13.1. The van der Waals surface area contributed by atoms with E-state index in [1.165, 1.54) is 16.9 Å². The van der Waals surface area contributed by atoms with Gasteiger partial charge >= 0.3 is 0 Å². The smallest absolute Gasteiger partial charge is 0.264 e. The number of nitrogens with zero attached hydrogens (tertiary/aromatic N) is 1. The van der Waals surface area contributed by atoms with Crippen LogP contribution in [0.5, 0.6) is 0 Å². The summed E-state index contributed by atoms with van der Waals surface area (Å²) >= 11 is 1.70. The fourth-order valence-corrected chi connectivity index (χ4v) is 4.52. The molecule has 1 aromatic heterocycles. The average Bonchev–Trinajstić information content (AvgIpc) is 3.09. The number of hydrogen-bond acceptors (Lipinski definition) is 3. The summed E-state index contributed by atoms with van der Waals surface area (Å²) < 4.78 is 0. The van der Waals surface area contributed by atoms with Crippen molar-refractivity contribution in [3.8, 4) is 0 Å². The Kier molecular flexibility index (Phi) is 3.89. The van der Waals surface area contributed by atoms with E-state index in [2.05, 4.69) is 6.07 Å². The highest BCUT2D eigenvalue weighted by molar-refractivity contribution is 7.14. The largest absolute Gasteiger partial charge is 0.396 e. The Morgan fingerprint density at radius 2 is 2.32 bits per heavy atom. The molecule has 0 radical (unpaired) electrons. The van der Waals surface area contributed by atoms with Gasteiger partial charge in [0.05, 0.1) is 4.88 Å². The van der Waals surface area contributed by atoms with Gasteiger partial charge in [0.25, 0.3) is 5.91 Å². The average molecular weight is 279 g/mol. The number of carbonyl (C=O) groups is 1. The highest BCUT2D eigenvalue weighted by Gasteiger charge is 2.30. The second-order valence-electron chi connectivity index (χ2n) is 5.57. The van der Waals surface area contributed by atoms with E-state index in [0.717, 1.165) is 49.9 Å². The minimum absolute atomic E-state index is 0.222. The molecule has 1 saturated heterocycles. The summed E-state index contributed by atoms with van der Waals surface area (Å²) in [6.45, 7) is 1.11. The lowest BCUT2D eigenvalue weighted by molar-refractivity contribution is 0.0729. The van der Waals surface area contributed by atoms with Crippen LogP contribution in [0, 0.1) is 0 Å². The molecule has 0 bridgehead atoms. The van der Waals surface area contributed by atoms with Crippen molar-refractivity contribution in [2.75, 3.05) is 13.2 Å². The predicted molar refractivity (Wildman–Crippen MR) is 76.7 cm³/mol. The second kappa shape index (κ2) is 5.63. The molecular formula is C15H21NO2S. The first-order valence-corrected chi connectivity index (χ1v) is 8.14. The predicted octanol–water partition coefficient (Wildman–Crippen LogP) is 2.61. The van der Waals surface area contributed by atoms with E-state index < -0.39 is 0 Å². The van der Waals surface area contributed by atoms with Crippen LogP contribution < -0.4 is 0 Å². The number of fused-ring (bicyclic) bond motifs is 1. The lowest BCUT2D eigenvalue weighted by Gasteiger charge is -2.24. The van der Waals surface area contributed by atoms with E-state index >= 15 is 0 Å². The third-order valence-electron chi connectivity index (χ3n) is 4.29. The fourth-order valence-electron chi connectivity index (χ4n) is 3.31. The third-order valence-corrected chi connectivity index (χ3v) is 5.52. The summed E-state index contributed by atoms with van der Waals surface area (Å²) in [5.74, 6) is 0.222. The molecular weight excluding hydrogens is 258 g/mol. The number of hydrogen-bond donors (Lipinski definition) is 1. The van der Waals surface area contributed by atoms with Crippen molar-refractivity contribution in [2.45, 2.75) is 51.0 Å². The van der Waals surface area contributed by atoms with Crippen molar-refractivity contribution in [2.24, 2.45) is 0 Å². The van der Waals surface area contributed by atoms with Crippen molar-refractivity contribution < 1.29 is 9.90 Å². The number of thiophene rings is 1. The summed E-state index contributed by atoms with van der Waals surface area (Å²) in [5.41, 5.74) is 1.40. The number of aryl methyl sites for hydroxylation is 2. The first-order valence-electron chi connectivity index (χ1n) is 7.33. The van der Waals surface area contributed by atoms with E-state index in [9.17, 15) is 4.79 Å². The summed E-state index contributed by atoms with van der Waals surface area (Å²) in [6, 6.07) is 2.47. The number of amides is 1. The van der Waals surface area contributed by atoms with Crippen LogP contribution >= 0.6 is 11.3 Å². The van der Waals surface area contributed by atoms with Gasteiger partial charge in [-0.15, -0.1) is 11.3 Å². The van der Waals surface area contributed by atoms with Gasteiger partial charge in [0.15, 0.2) is 0 Å². The lowest BCUT2D eigenvalue weighted by Crippen LogP contribution is -2.35. The van der Waals surface area contributed by atoms with Crippen LogP contribution in [-0.4, -0.2) is 35.1 Å². The molecule has 1 N–H and O–H groups in total. The minimum Gasteiger partial charge on any atom is -0.396 e. The molecule has 2 heterocycles. The number of aliphatic hydroxyl groups excluding tert-OH is 1. The second-order valence-corrected chi connectivity index (χ2v) is 6.71. The summed E-state index contributed by atoms with van der Waals surface area (Å²) in [7, 11) is 0. The lowest BCUT2D eigenvalue weighted by atomic mass is 10.1. The van der Waals surface area contributed by atoms with Gasteiger partial charge in [-0.2, -0.15) is 0 Å². The number of aliphatic hydroxyl groups is 1. The quantitative estimate of drug-likeness (QED) is 0.920. The molecule has 104 valence electrons. The van der Waals surface area contributed by atoms with Gasteiger partial charge in [-0.05, 0) is 56.6 Å². The molecule has 0 saturated carbocycles. The van der Waals surface area contributed by atoms with Crippen molar-refractivity contribution in [3.63, 3.8) is 0 Å². The molecule has 1 aliphatic carbocycles. The van der Waals surface area contributed by atoms with Gasteiger partial charge in [0.2, 0.25) is 0 Å². The van der Waals surface area contributed by atoms with Crippen molar-refractivity contribution in [1.82, 2.24) is 4.90 Å². The van der Waals surface area contributed by atoms with E-state index in [0.29, 0.717) is 6.04 Å². The third kappa shape index (κ3) is 2.56. The molecule has 0 spiro atoms. The number of likely N-dealkylation sites (tertiary alicyclic amines) is 1. The molecule has 1 aliphatic heterocycles. The normalized spacial score (nSPS) is 21.9. The molecule has 4 heteroatoms. The molecule has 1 amide bonds. The molecule has 3 nitrogen and oxygen atoms in total. The molecule has 19 heavy (non-hydrogen) atoms. The Morgan fingerprint density at radius 1 is 1.42 bits per heavy atom. The Bertz CT molecular complexity index is 447. The van der Waals surface area contributed by atoms with Gasteiger partial charge in [-0.25, -0.2) is 0 Å². The summed E-state index contributed by atoms with van der Waals surface area (Å²) in [5, 5.41) is 8.95. The van der Waals surface area contributed by atoms with Gasteiger partial charge in [0, 0.05) is 24.1 Å². The topological polar surface area (TPSA) is 40.5 Å². The zero-order valence-corrected chi connectivity index (χ0v) is 12.0. The zero-order valence-electron chi connectivity index (χ0n) is 11.2. The minimum atomic E-state index is 0.222. The van der Waals surface area contributed by atoms with Crippen LogP contribution in [0.25, 0.3) is 0 Å². The maximum absolute atomic E-state index is 12.6. The zero-order chi connectivity index (χ0) is 13.2. The molecule has 2 aliphatic rings. The molecule has 0 aromatic carbocycles. The van der Waals surface area contributed by atoms with Crippen LogP contribution in [0.4, 0.5) is 0 Å². The van der Waals surface area contributed by atoms with E-state index in [1.807, 2.05) is 4.90 Å². The van der Waals surface area contributed by atoms with Crippen LogP contribution in [0.15, 0.2) is 6.07 Å². The van der Waals surface area contributed by atoms with Crippen molar-refractivity contribution in [1.29, 1.82) is 0 Å². The van der Waals surface area contributed by atoms with Crippen LogP contribution in [0.1, 0.15) is 52.2 Å². The Balaban J connectivity index is 1.71. The maximum Gasteiger partial charge on any atom is 0.264 e. The van der Waals surface area contributed by atoms with E-state index in [1.54, 1.807) is 11.3 Å². The van der Waals surface area contributed by atoms with E-state index in [4.69, 9.17) is 5.11 Å². The van der Waals surface area contributed by atoms with Gasteiger partial charge in [-0.1, -0.05) is 0 Å². The van der Waals surface area contributed by atoms with Crippen molar-refractivity contribution >= 4 is 17.2 Å².